The van der Waals surface area contributed by atoms with Crippen LogP contribution in [0.5, 0.6) is 0 Å². The van der Waals surface area contributed by atoms with Crippen molar-refractivity contribution in [2.45, 2.75) is 19.9 Å². The summed E-state index contributed by atoms with van der Waals surface area (Å²) in [5, 5.41) is 0. The number of hydrogen-bond acceptors (Lipinski definition) is 3. The molecule has 5 heteroatoms. The molecule has 0 unspecified atom stereocenters. The Bertz CT molecular complexity index is 764. The summed E-state index contributed by atoms with van der Waals surface area (Å²) in [6, 6.07) is 7.24. The largest absolute Gasteiger partial charge is 0.398 e. The molecule has 1 aromatic carbocycles. The monoisotopic (exact) mass is 283 g/mol. The van der Waals surface area contributed by atoms with Crippen molar-refractivity contribution in [1.82, 2.24) is 9.88 Å². The number of nitrogens with one attached hydrogen (secondary N) is 1. The number of amides is 1. The van der Waals surface area contributed by atoms with E-state index in [0.29, 0.717) is 18.8 Å². The summed E-state index contributed by atoms with van der Waals surface area (Å²) in [5.74, 6) is -0.245. The van der Waals surface area contributed by atoms with E-state index in [-0.39, 0.29) is 16.9 Å². The summed E-state index contributed by atoms with van der Waals surface area (Å²) >= 11 is 0. The Morgan fingerprint density at radius 3 is 2.95 bits per heavy atom. The highest BCUT2D eigenvalue weighted by Crippen LogP contribution is 2.24. The molecule has 1 aliphatic rings. The van der Waals surface area contributed by atoms with Crippen LogP contribution in [0.25, 0.3) is 0 Å². The van der Waals surface area contributed by atoms with Gasteiger partial charge in [-0.3, -0.25) is 9.59 Å². The minimum atomic E-state index is -0.247. The van der Waals surface area contributed by atoms with Crippen molar-refractivity contribution in [3.05, 3.63) is 63.1 Å². The first-order valence-electron chi connectivity index (χ1n) is 6.91. The Hall–Kier alpha value is -2.56. The first-order valence-corrected chi connectivity index (χ1v) is 6.91. The van der Waals surface area contributed by atoms with Gasteiger partial charge in [0.1, 0.15) is 5.56 Å². The molecule has 3 N–H and O–H groups in total. The molecular formula is C16H17N3O2. The van der Waals surface area contributed by atoms with Crippen LogP contribution in [-0.2, 0) is 13.0 Å². The predicted molar refractivity (Wildman–Crippen MR) is 81.1 cm³/mol. The quantitative estimate of drug-likeness (QED) is 0.778. The van der Waals surface area contributed by atoms with Crippen molar-refractivity contribution in [2.24, 2.45) is 0 Å². The van der Waals surface area contributed by atoms with Gasteiger partial charge in [-0.25, -0.2) is 0 Å². The molecule has 0 bridgehead atoms. The Morgan fingerprint density at radius 1 is 1.38 bits per heavy atom. The summed E-state index contributed by atoms with van der Waals surface area (Å²) in [6.45, 7) is 2.84. The summed E-state index contributed by atoms with van der Waals surface area (Å²) in [6.07, 6.45) is 2.25. The SMILES string of the molecule is Cc1cc(=O)c(C(=O)N2CCc3cccc(N)c3C2)c[nH]1. The lowest BCUT2D eigenvalue weighted by atomic mass is 9.97. The van der Waals surface area contributed by atoms with Crippen molar-refractivity contribution in [1.29, 1.82) is 0 Å². The third-order valence-corrected chi connectivity index (χ3v) is 3.88. The van der Waals surface area contributed by atoms with E-state index in [1.54, 1.807) is 11.8 Å². The first-order chi connectivity index (χ1) is 10.1. The number of pyridine rings is 1. The molecule has 0 saturated heterocycles. The number of fused-ring (bicyclic) bond motifs is 1. The molecule has 3 rings (SSSR count). The number of nitrogens with zero attached hydrogens (tertiary/aromatic N) is 1. The fraction of sp³-hybridized carbons (Fsp3) is 0.250. The molecule has 0 spiro atoms. The van der Waals surface area contributed by atoms with E-state index >= 15 is 0 Å². The zero-order valence-electron chi connectivity index (χ0n) is 11.8. The van der Waals surface area contributed by atoms with Gasteiger partial charge in [0.15, 0.2) is 5.43 Å². The van der Waals surface area contributed by atoms with Crippen LogP contribution in [0.15, 0.2) is 35.3 Å². The highest BCUT2D eigenvalue weighted by Gasteiger charge is 2.24. The second kappa shape index (κ2) is 5.09. The summed E-state index contributed by atoms with van der Waals surface area (Å²) in [4.78, 5) is 29.1. The van der Waals surface area contributed by atoms with Gasteiger partial charge in [0.05, 0.1) is 0 Å². The van der Waals surface area contributed by atoms with Crippen LogP contribution >= 0.6 is 0 Å². The van der Waals surface area contributed by atoms with Crippen LogP contribution < -0.4 is 11.2 Å². The predicted octanol–water partition coefficient (Wildman–Crippen LogP) is 1.46. The number of aromatic amines is 1. The fourth-order valence-electron chi connectivity index (χ4n) is 2.69. The maximum atomic E-state index is 12.5. The molecule has 0 fully saturated rings. The lowest BCUT2D eigenvalue weighted by molar-refractivity contribution is 0.0733. The van der Waals surface area contributed by atoms with Gasteiger partial charge in [-0.05, 0) is 30.5 Å². The van der Waals surface area contributed by atoms with E-state index in [1.165, 1.54) is 17.8 Å². The summed E-state index contributed by atoms with van der Waals surface area (Å²) in [5.41, 5.74) is 9.52. The summed E-state index contributed by atoms with van der Waals surface area (Å²) in [7, 11) is 0. The zero-order valence-corrected chi connectivity index (χ0v) is 11.8. The lowest BCUT2D eigenvalue weighted by Gasteiger charge is -2.29. The van der Waals surface area contributed by atoms with Gasteiger partial charge in [-0.1, -0.05) is 12.1 Å². The highest BCUT2D eigenvalue weighted by molar-refractivity contribution is 5.94. The highest BCUT2D eigenvalue weighted by atomic mass is 16.2. The number of benzene rings is 1. The van der Waals surface area contributed by atoms with Crippen LogP contribution in [0.2, 0.25) is 0 Å². The minimum Gasteiger partial charge on any atom is -0.398 e. The van der Waals surface area contributed by atoms with Crippen molar-refractivity contribution >= 4 is 11.6 Å². The number of nitrogens with two attached hydrogens (primary N) is 1. The molecular weight excluding hydrogens is 266 g/mol. The van der Waals surface area contributed by atoms with E-state index in [9.17, 15) is 9.59 Å². The molecule has 1 aromatic heterocycles. The van der Waals surface area contributed by atoms with Crippen LogP contribution in [0.3, 0.4) is 0 Å². The summed E-state index contributed by atoms with van der Waals surface area (Å²) < 4.78 is 0. The van der Waals surface area contributed by atoms with Gasteiger partial charge >= 0.3 is 0 Å². The maximum Gasteiger partial charge on any atom is 0.259 e. The van der Waals surface area contributed by atoms with Crippen LogP contribution in [0.4, 0.5) is 5.69 Å². The number of anilines is 1. The third-order valence-electron chi connectivity index (χ3n) is 3.88. The van der Waals surface area contributed by atoms with E-state index in [4.69, 9.17) is 5.73 Å². The Labute approximate surface area is 122 Å². The molecule has 1 amide bonds. The second-order valence-corrected chi connectivity index (χ2v) is 5.36. The molecule has 2 aromatic rings. The van der Waals surface area contributed by atoms with E-state index in [1.807, 2.05) is 18.2 Å². The van der Waals surface area contributed by atoms with Gasteiger partial charge in [-0.15, -0.1) is 0 Å². The third kappa shape index (κ3) is 2.42. The van der Waals surface area contributed by atoms with Crippen molar-refractivity contribution in [2.75, 3.05) is 12.3 Å². The molecule has 0 radical (unpaired) electrons. The average molecular weight is 283 g/mol. The van der Waals surface area contributed by atoms with E-state index in [2.05, 4.69) is 4.98 Å². The van der Waals surface area contributed by atoms with E-state index in [0.717, 1.165) is 17.7 Å². The average Bonchev–Trinajstić information content (AvgIpc) is 2.47. The minimum absolute atomic E-state index is 0.179. The number of carbonyl (C=O) groups is 1. The standard InChI is InChI=1S/C16H17N3O2/c1-10-7-15(20)12(8-18-10)16(21)19-6-5-11-3-2-4-14(17)13(11)9-19/h2-4,7-8H,5-6,9,17H2,1H3,(H,18,20). The van der Waals surface area contributed by atoms with Gasteiger partial charge < -0.3 is 15.6 Å². The zero-order chi connectivity index (χ0) is 15.0. The van der Waals surface area contributed by atoms with Crippen molar-refractivity contribution in [3.8, 4) is 0 Å². The smallest absolute Gasteiger partial charge is 0.259 e. The van der Waals surface area contributed by atoms with Gasteiger partial charge in [-0.2, -0.15) is 0 Å². The molecule has 0 saturated carbocycles. The molecule has 0 atom stereocenters. The van der Waals surface area contributed by atoms with Gasteiger partial charge in [0, 0.05) is 36.7 Å². The first kappa shape index (κ1) is 13.4. The molecule has 1 aliphatic heterocycles. The molecule has 0 aliphatic carbocycles. The second-order valence-electron chi connectivity index (χ2n) is 5.36. The Kier molecular flexibility index (Phi) is 3.25. The Morgan fingerprint density at radius 2 is 2.19 bits per heavy atom. The molecule has 5 nitrogen and oxygen atoms in total. The number of aryl methyl sites for hydroxylation is 1. The number of H-pyrrole nitrogens is 1. The number of nitrogen functional groups attached to an aromatic ring is 1. The van der Waals surface area contributed by atoms with Gasteiger partial charge in [0.2, 0.25) is 0 Å². The number of rotatable bonds is 1. The van der Waals surface area contributed by atoms with E-state index < -0.39 is 0 Å². The number of hydrogen-bond donors (Lipinski definition) is 2. The number of aromatic nitrogens is 1. The molecule has 21 heavy (non-hydrogen) atoms. The van der Waals surface area contributed by atoms with Crippen LogP contribution in [0.1, 0.15) is 27.2 Å². The van der Waals surface area contributed by atoms with Gasteiger partial charge in [0.25, 0.3) is 5.91 Å². The topological polar surface area (TPSA) is 79.2 Å². The Balaban J connectivity index is 1.91. The van der Waals surface area contributed by atoms with Crippen LogP contribution in [0, 0.1) is 6.92 Å². The molecule has 2 heterocycles. The maximum absolute atomic E-state index is 12.5. The van der Waals surface area contributed by atoms with Crippen molar-refractivity contribution in [3.63, 3.8) is 0 Å². The number of carbonyl (C=O) groups excluding carboxylic acids is 1. The van der Waals surface area contributed by atoms with Crippen molar-refractivity contribution < 1.29 is 4.79 Å². The lowest BCUT2D eigenvalue weighted by Crippen LogP contribution is -2.38. The normalized spacial score (nSPS) is 13.9. The van der Waals surface area contributed by atoms with Crippen LogP contribution in [-0.4, -0.2) is 22.3 Å². The fourth-order valence-corrected chi connectivity index (χ4v) is 2.69. The molecule has 108 valence electrons.